The maximum absolute atomic E-state index is 14.5. The molecule has 3 heteroatoms. The SMILES string of the molecule is C=C(C)C(=O)Oc1ccc(-c2ccc(-c3ccccc3)cc2F)cc1. The van der Waals surface area contributed by atoms with Crippen LogP contribution in [0.4, 0.5) is 4.39 Å². The Morgan fingerprint density at radius 2 is 1.52 bits per heavy atom. The zero-order valence-corrected chi connectivity index (χ0v) is 13.8. The molecule has 3 aromatic rings. The Labute approximate surface area is 146 Å². The minimum absolute atomic E-state index is 0.298. The van der Waals surface area contributed by atoms with E-state index in [1.54, 1.807) is 37.3 Å². The van der Waals surface area contributed by atoms with Gasteiger partial charge in [-0.25, -0.2) is 9.18 Å². The lowest BCUT2D eigenvalue weighted by Gasteiger charge is -2.08. The third-order valence-electron chi connectivity index (χ3n) is 3.80. The first-order valence-corrected chi connectivity index (χ1v) is 7.87. The third-order valence-corrected chi connectivity index (χ3v) is 3.80. The van der Waals surface area contributed by atoms with Gasteiger partial charge in [0, 0.05) is 11.1 Å². The molecule has 0 radical (unpaired) electrons. The first-order valence-electron chi connectivity index (χ1n) is 7.87. The van der Waals surface area contributed by atoms with Gasteiger partial charge in [0.2, 0.25) is 0 Å². The van der Waals surface area contributed by atoms with Crippen molar-refractivity contribution in [2.45, 2.75) is 6.92 Å². The molecule has 124 valence electrons. The quantitative estimate of drug-likeness (QED) is 0.351. The van der Waals surface area contributed by atoms with E-state index in [9.17, 15) is 9.18 Å². The molecule has 0 aliphatic heterocycles. The van der Waals surface area contributed by atoms with E-state index >= 15 is 0 Å². The molecule has 0 spiro atoms. The summed E-state index contributed by atoms with van der Waals surface area (Å²) in [4.78, 5) is 11.5. The van der Waals surface area contributed by atoms with Gasteiger partial charge < -0.3 is 4.74 Å². The molecule has 3 aromatic carbocycles. The van der Waals surface area contributed by atoms with E-state index in [0.29, 0.717) is 22.4 Å². The van der Waals surface area contributed by atoms with Gasteiger partial charge in [-0.05, 0) is 41.8 Å². The van der Waals surface area contributed by atoms with Crippen LogP contribution in [0.25, 0.3) is 22.3 Å². The van der Waals surface area contributed by atoms with E-state index in [1.165, 1.54) is 6.07 Å². The van der Waals surface area contributed by atoms with Crippen molar-refractivity contribution in [1.82, 2.24) is 0 Å². The van der Waals surface area contributed by atoms with Crippen LogP contribution in [0.5, 0.6) is 5.75 Å². The summed E-state index contributed by atoms with van der Waals surface area (Å²) in [5, 5.41) is 0. The molecular weight excluding hydrogens is 315 g/mol. The van der Waals surface area contributed by atoms with Crippen molar-refractivity contribution in [3.8, 4) is 28.0 Å². The molecule has 25 heavy (non-hydrogen) atoms. The summed E-state index contributed by atoms with van der Waals surface area (Å²) in [5.41, 5.74) is 3.33. The number of hydrogen-bond donors (Lipinski definition) is 0. The zero-order valence-electron chi connectivity index (χ0n) is 13.8. The monoisotopic (exact) mass is 332 g/mol. The van der Waals surface area contributed by atoms with Crippen molar-refractivity contribution in [2.75, 3.05) is 0 Å². The standard InChI is InChI=1S/C22H17FO2/c1-15(2)22(24)25-19-11-8-17(9-12-19)20-13-10-18(14-21(20)23)16-6-4-3-5-7-16/h3-14H,1H2,2H3. The second-order valence-electron chi connectivity index (χ2n) is 5.75. The van der Waals surface area contributed by atoms with Crippen molar-refractivity contribution >= 4 is 5.97 Å². The van der Waals surface area contributed by atoms with Crippen LogP contribution in [-0.2, 0) is 4.79 Å². The molecule has 0 unspecified atom stereocenters. The highest BCUT2D eigenvalue weighted by Crippen LogP contribution is 2.29. The molecule has 0 heterocycles. The lowest BCUT2D eigenvalue weighted by atomic mass is 9.99. The molecule has 0 atom stereocenters. The fourth-order valence-corrected chi connectivity index (χ4v) is 2.46. The van der Waals surface area contributed by atoms with Gasteiger partial charge >= 0.3 is 5.97 Å². The van der Waals surface area contributed by atoms with Crippen molar-refractivity contribution in [1.29, 1.82) is 0 Å². The van der Waals surface area contributed by atoms with Crippen LogP contribution >= 0.6 is 0 Å². The van der Waals surface area contributed by atoms with Crippen LogP contribution in [0.3, 0.4) is 0 Å². The highest BCUT2D eigenvalue weighted by molar-refractivity contribution is 5.88. The van der Waals surface area contributed by atoms with Crippen LogP contribution in [0.2, 0.25) is 0 Å². The Balaban J connectivity index is 1.85. The van der Waals surface area contributed by atoms with Gasteiger partial charge in [0.05, 0.1) is 0 Å². The summed E-state index contributed by atoms with van der Waals surface area (Å²) in [6.07, 6.45) is 0. The highest BCUT2D eigenvalue weighted by atomic mass is 19.1. The molecule has 0 amide bonds. The predicted octanol–water partition coefficient (Wildman–Crippen LogP) is 5.64. The molecule has 3 rings (SSSR count). The van der Waals surface area contributed by atoms with Crippen LogP contribution < -0.4 is 4.74 Å². The molecule has 2 nitrogen and oxygen atoms in total. The number of rotatable bonds is 4. The van der Waals surface area contributed by atoms with Crippen molar-refractivity contribution in [3.05, 3.63) is 90.8 Å². The number of carbonyl (C=O) groups is 1. The lowest BCUT2D eigenvalue weighted by molar-refractivity contribution is -0.130. The van der Waals surface area contributed by atoms with Crippen LogP contribution in [-0.4, -0.2) is 5.97 Å². The minimum Gasteiger partial charge on any atom is -0.423 e. The van der Waals surface area contributed by atoms with E-state index in [-0.39, 0.29) is 5.82 Å². The number of hydrogen-bond acceptors (Lipinski definition) is 2. The van der Waals surface area contributed by atoms with E-state index in [2.05, 4.69) is 6.58 Å². The van der Waals surface area contributed by atoms with Crippen molar-refractivity contribution in [3.63, 3.8) is 0 Å². The van der Waals surface area contributed by atoms with Crippen LogP contribution in [0.15, 0.2) is 84.9 Å². The molecule has 0 saturated carbocycles. The Kier molecular flexibility index (Phi) is 4.75. The summed E-state index contributed by atoms with van der Waals surface area (Å²) in [6.45, 7) is 5.12. The largest absolute Gasteiger partial charge is 0.423 e. The predicted molar refractivity (Wildman–Crippen MR) is 97.7 cm³/mol. The van der Waals surface area contributed by atoms with E-state index in [4.69, 9.17) is 4.74 Å². The van der Waals surface area contributed by atoms with Gasteiger partial charge in [-0.15, -0.1) is 0 Å². The fraction of sp³-hybridized carbons (Fsp3) is 0.0455. The maximum Gasteiger partial charge on any atom is 0.338 e. The topological polar surface area (TPSA) is 26.3 Å². The van der Waals surface area contributed by atoms with Crippen molar-refractivity contribution in [2.24, 2.45) is 0 Å². The summed E-state index contributed by atoms with van der Waals surface area (Å²) in [6, 6.07) is 21.6. The Morgan fingerprint density at radius 3 is 2.12 bits per heavy atom. The maximum atomic E-state index is 14.5. The molecule has 0 bridgehead atoms. The smallest absolute Gasteiger partial charge is 0.338 e. The third kappa shape index (κ3) is 3.83. The van der Waals surface area contributed by atoms with E-state index in [0.717, 1.165) is 11.1 Å². The first-order chi connectivity index (χ1) is 12.0. The van der Waals surface area contributed by atoms with Gasteiger partial charge in [0.25, 0.3) is 0 Å². The average molecular weight is 332 g/mol. The molecule has 0 aliphatic carbocycles. The molecule has 0 saturated heterocycles. The Hall–Kier alpha value is -3.20. The summed E-state index contributed by atoms with van der Waals surface area (Å²) >= 11 is 0. The van der Waals surface area contributed by atoms with Crippen LogP contribution in [0, 0.1) is 5.82 Å². The number of carbonyl (C=O) groups excluding carboxylic acids is 1. The molecule has 0 aliphatic rings. The Bertz CT molecular complexity index is 913. The number of benzene rings is 3. The molecular formula is C22H17FO2. The summed E-state index contributed by atoms with van der Waals surface area (Å²) in [5.74, 6) is -0.378. The van der Waals surface area contributed by atoms with Crippen molar-refractivity contribution < 1.29 is 13.9 Å². The second kappa shape index (κ2) is 7.14. The minimum atomic E-state index is -0.480. The fourth-order valence-electron chi connectivity index (χ4n) is 2.46. The summed E-state index contributed by atoms with van der Waals surface area (Å²) in [7, 11) is 0. The average Bonchev–Trinajstić information content (AvgIpc) is 2.63. The number of halogens is 1. The Morgan fingerprint density at radius 1 is 0.880 bits per heavy atom. The second-order valence-corrected chi connectivity index (χ2v) is 5.75. The van der Waals surface area contributed by atoms with Crippen LogP contribution in [0.1, 0.15) is 6.92 Å². The van der Waals surface area contributed by atoms with E-state index in [1.807, 2.05) is 36.4 Å². The first kappa shape index (κ1) is 16.7. The molecule has 0 N–H and O–H groups in total. The normalized spacial score (nSPS) is 10.3. The number of ether oxygens (including phenoxy) is 1. The zero-order chi connectivity index (χ0) is 17.8. The number of esters is 1. The van der Waals surface area contributed by atoms with Gasteiger partial charge in [0.1, 0.15) is 11.6 Å². The lowest BCUT2D eigenvalue weighted by Crippen LogP contribution is -2.07. The van der Waals surface area contributed by atoms with Gasteiger partial charge in [0.15, 0.2) is 0 Å². The summed E-state index contributed by atoms with van der Waals surface area (Å²) < 4.78 is 19.7. The highest BCUT2D eigenvalue weighted by Gasteiger charge is 2.09. The van der Waals surface area contributed by atoms with Gasteiger partial charge in [-0.3, -0.25) is 0 Å². The van der Waals surface area contributed by atoms with Gasteiger partial charge in [-0.2, -0.15) is 0 Å². The van der Waals surface area contributed by atoms with Gasteiger partial charge in [-0.1, -0.05) is 61.2 Å². The molecule has 0 aromatic heterocycles. The van der Waals surface area contributed by atoms with E-state index < -0.39 is 5.97 Å². The molecule has 0 fully saturated rings.